The molecule has 0 spiro atoms. The maximum absolute atomic E-state index is 12.6. The number of nitrogens with one attached hydrogen (secondary N) is 1. The van der Waals surface area contributed by atoms with Gasteiger partial charge in [0, 0.05) is 19.3 Å². The van der Waals surface area contributed by atoms with Gasteiger partial charge in [0.15, 0.2) is 0 Å². The summed E-state index contributed by atoms with van der Waals surface area (Å²) in [5.74, 6) is -0.214. The van der Waals surface area contributed by atoms with Crippen LogP contribution in [0.15, 0.2) is 50.6 Å². The molecule has 2 aromatic rings. The molecule has 1 aromatic heterocycles. The van der Waals surface area contributed by atoms with Crippen molar-refractivity contribution < 1.29 is 4.79 Å². The van der Waals surface area contributed by atoms with E-state index in [2.05, 4.69) is 20.9 Å². The van der Waals surface area contributed by atoms with Crippen molar-refractivity contribution in [2.75, 3.05) is 13.1 Å². The minimum atomic E-state index is -0.616. The standard InChI is InChI=1S/C16H19BrN4O3.ClH/c17-13-10-21(16(24)19-15(13)23)11-14(22)20(8-4-7-18)9-12-5-2-1-3-6-12;/h1-3,5-6,10H,4,7-9,11,18H2,(H,19,23,24);1H. The van der Waals surface area contributed by atoms with E-state index in [1.165, 1.54) is 10.8 Å². The van der Waals surface area contributed by atoms with Crippen molar-refractivity contribution >= 4 is 34.2 Å². The summed E-state index contributed by atoms with van der Waals surface area (Å²) in [6.07, 6.45) is 1.99. The van der Waals surface area contributed by atoms with Crippen LogP contribution < -0.4 is 17.0 Å². The van der Waals surface area contributed by atoms with Gasteiger partial charge in [0.2, 0.25) is 5.91 Å². The van der Waals surface area contributed by atoms with Gasteiger partial charge in [-0.2, -0.15) is 0 Å². The number of benzene rings is 1. The number of aromatic nitrogens is 2. The molecule has 9 heteroatoms. The van der Waals surface area contributed by atoms with E-state index in [4.69, 9.17) is 5.73 Å². The van der Waals surface area contributed by atoms with E-state index in [-0.39, 0.29) is 29.3 Å². The van der Waals surface area contributed by atoms with Gasteiger partial charge in [0.25, 0.3) is 5.56 Å². The summed E-state index contributed by atoms with van der Waals surface area (Å²) < 4.78 is 1.38. The van der Waals surface area contributed by atoms with Crippen LogP contribution in [0.2, 0.25) is 0 Å². The van der Waals surface area contributed by atoms with Gasteiger partial charge in [-0.25, -0.2) is 4.79 Å². The summed E-state index contributed by atoms with van der Waals surface area (Å²) in [6, 6.07) is 9.60. The van der Waals surface area contributed by atoms with Gasteiger partial charge in [-0.05, 0) is 34.5 Å². The number of halogens is 2. The van der Waals surface area contributed by atoms with Gasteiger partial charge >= 0.3 is 5.69 Å². The van der Waals surface area contributed by atoms with E-state index in [9.17, 15) is 14.4 Å². The highest BCUT2D eigenvalue weighted by molar-refractivity contribution is 9.10. The number of carbonyl (C=O) groups excluding carboxylic acids is 1. The molecular formula is C16H20BrClN4O3. The summed E-state index contributed by atoms with van der Waals surface area (Å²) in [7, 11) is 0. The Morgan fingerprint density at radius 2 is 1.92 bits per heavy atom. The molecule has 0 unspecified atom stereocenters. The zero-order valence-corrected chi connectivity index (χ0v) is 15.9. The molecule has 0 saturated heterocycles. The van der Waals surface area contributed by atoms with Crippen LogP contribution in [-0.4, -0.2) is 33.4 Å². The van der Waals surface area contributed by atoms with Gasteiger partial charge in [0.1, 0.15) is 6.54 Å². The largest absolute Gasteiger partial charge is 0.337 e. The number of nitrogens with two attached hydrogens (primary N) is 1. The maximum atomic E-state index is 12.6. The SMILES string of the molecule is Cl.NCCCN(Cc1ccccc1)C(=O)Cn1cc(Br)c(=O)[nH]c1=O. The Balaban J connectivity index is 0.00000312. The molecule has 1 amide bonds. The van der Waals surface area contributed by atoms with Gasteiger partial charge < -0.3 is 10.6 Å². The fraction of sp³-hybridized carbons (Fsp3) is 0.312. The summed E-state index contributed by atoms with van der Waals surface area (Å²) in [5, 5.41) is 0. The molecule has 0 saturated carbocycles. The molecule has 0 fully saturated rings. The lowest BCUT2D eigenvalue weighted by molar-refractivity contribution is -0.132. The van der Waals surface area contributed by atoms with E-state index in [0.717, 1.165) is 5.56 Å². The first-order valence-corrected chi connectivity index (χ1v) is 8.31. The Morgan fingerprint density at radius 1 is 1.24 bits per heavy atom. The van der Waals surface area contributed by atoms with Crippen molar-refractivity contribution in [1.82, 2.24) is 14.5 Å². The molecule has 136 valence electrons. The van der Waals surface area contributed by atoms with Crippen molar-refractivity contribution in [2.24, 2.45) is 5.73 Å². The van der Waals surface area contributed by atoms with E-state index >= 15 is 0 Å². The third-order valence-electron chi connectivity index (χ3n) is 3.47. The highest BCUT2D eigenvalue weighted by Crippen LogP contribution is 2.07. The smallest absolute Gasteiger partial charge is 0.328 e. The fourth-order valence-electron chi connectivity index (χ4n) is 2.22. The van der Waals surface area contributed by atoms with Crippen LogP contribution >= 0.6 is 28.3 Å². The molecule has 0 bridgehead atoms. The number of rotatable bonds is 7. The number of carbonyl (C=O) groups is 1. The third kappa shape index (κ3) is 6.15. The summed E-state index contributed by atoms with van der Waals surface area (Å²) in [4.78, 5) is 39.6. The second-order valence-corrected chi connectivity index (χ2v) is 6.16. The average molecular weight is 432 g/mol. The van der Waals surface area contributed by atoms with Crippen LogP contribution in [-0.2, 0) is 17.9 Å². The molecule has 7 nitrogen and oxygen atoms in total. The second-order valence-electron chi connectivity index (χ2n) is 5.31. The monoisotopic (exact) mass is 430 g/mol. The van der Waals surface area contributed by atoms with E-state index in [0.29, 0.717) is 26.1 Å². The van der Waals surface area contributed by atoms with Gasteiger partial charge in [0.05, 0.1) is 4.47 Å². The zero-order valence-electron chi connectivity index (χ0n) is 13.5. The Morgan fingerprint density at radius 3 is 2.56 bits per heavy atom. The number of H-pyrrole nitrogens is 1. The fourth-order valence-corrected chi connectivity index (χ4v) is 2.57. The van der Waals surface area contributed by atoms with Crippen LogP contribution in [0.3, 0.4) is 0 Å². The van der Waals surface area contributed by atoms with Crippen molar-refractivity contribution in [3.05, 3.63) is 67.4 Å². The molecule has 1 heterocycles. The molecule has 0 aliphatic rings. The summed E-state index contributed by atoms with van der Waals surface area (Å²) in [6.45, 7) is 1.27. The normalized spacial score (nSPS) is 10.2. The molecule has 0 aliphatic carbocycles. The molecule has 0 radical (unpaired) electrons. The number of aromatic amines is 1. The number of amides is 1. The van der Waals surface area contributed by atoms with Crippen LogP contribution in [0.5, 0.6) is 0 Å². The zero-order chi connectivity index (χ0) is 17.5. The molecule has 3 N–H and O–H groups in total. The Labute approximate surface area is 159 Å². The molecule has 25 heavy (non-hydrogen) atoms. The van der Waals surface area contributed by atoms with E-state index < -0.39 is 11.2 Å². The minimum Gasteiger partial charge on any atom is -0.337 e. The molecule has 0 aliphatic heterocycles. The van der Waals surface area contributed by atoms with E-state index in [1.54, 1.807) is 4.90 Å². The maximum Gasteiger partial charge on any atom is 0.328 e. The topological polar surface area (TPSA) is 101 Å². The lowest BCUT2D eigenvalue weighted by Gasteiger charge is -2.23. The van der Waals surface area contributed by atoms with Crippen LogP contribution in [0.1, 0.15) is 12.0 Å². The first kappa shape index (κ1) is 21.1. The van der Waals surface area contributed by atoms with Crippen LogP contribution in [0.4, 0.5) is 0 Å². The van der Waals surface area contributed by atoms with Crippen LogP contribution in [0.25, 0.3) is 0 Å². The van der Waals surface area contributed by atoms with Crippen molar-refractivity contribution in [1.29, 1.82) is 0 Å². The predicted octanol–water partition coefficient (Wildman–Crippen LogP) is 1.10. The number of nitrogens with zero attached hydrogens (tertiary/aromatic N) is 2. The first-order valence-electron chi connectivity index (χ1n) is 7.52. The highest BCUT2D eigenvalue weighted by Gasteiger charge is 2.15. The predicted molar refractivity (Wildman–Crippen MR) is 102 cm³/mol. The Bertz CT molecular complexity index is 807. The van der Waals surface area contributed by atoms with Crippen molar-refractivity contribution in [3.63, 3.8) is 0 Å². The van der Waals surface area contributed by atoms with Gasteiger partial charge in [-0.15, -0.1) is 12.4 Å². The number of hydrogen-bond acceptors (Lipinski definition) is 4. The Kier molecular flexibility index (Phi) is 8.60. The Hall–Kier alpha value is -1.90. The average Bonchev–Trinajstić information content (AvgIpc) is 2.57. The molecule has 0 atom stereocenters. The quantitative estimate of drug-likeness (QED) is 0.685. The molecule has 2 rings (SSSR count). The van der Waals surface area contributed by atoms with Crippen molar-refractivity contribution in [2.45, 2.75) is 19.5 Å². The minimum absolute atomic E-state index is 0. The molecule has 1 aromatic carbocycles. The number of hydrogen-bond donors (Lipinski definition) is 2. The van der Waals surface area contributed by atoms with Crippen molar-refractivity contribution in [3.8, 4) is 0 Å². The summed E-state index contributed by atoms with van der Waals surface area (Å²) >= 11 is 3.06. The second kappa shape index (κ2) is 10.2. The summed E-state index contributed by atoms with van der Waals surface area (Å²) in [5.41, 5.74) is 5.41. The lowest BCUT2D eigenvalue weighted by Crippen LogP contribution is -2.39. The molecular weight excluding hydrogens is 412 g/mol. The van der Waals surface area contributed by atoms with Crippen LogP contribution in [0, 0.1) is 0 Å². The lowest BCUT2D eigenvalue weighted by atomic mass is 10.2. The van der Waals surface area contributed by atoms with Gasteiger partial charge in [-0.1, -0.05) is 30.3 Å². The van der Waals surface area contributed by atoms with E-state index in [1.807, 2.05) is 30.3 Å². The van der Waals surface area contributed by atoms with Gasteiger partial charge in [-0.3, -0.25) is 19.1 Å². The first-order chi connectivity index (χ1) is 11.5. The third-order valence-corrected chi connectivity index (χ3v) is 4.04. The highest BCUT2D eigenvalue weighted by atomic mass is 79.9.